The summed E-state index contributed by atoms with van der Waals surface area (Å²) >= 11 is 0. The smallest absolute Gasteiger partial charge is 0.308 e. The predicted molar refractivity (Wildman–Crippen MR) is 78.6 cm³/mol. The van der Waals surface area contributed by atoms with Crippen molar-refractivity contribution in [3.63, 3.8) is 0 Å². The number of piperidine rings is 1. The molecule has 3 rings (SSSR count). The van der Waals surface area contributed by atoms with Crippen LogP contribution in [0.1, 0.15) is 35.8 Å². The zero-order valence-corrected chi connectivity index (χ0v) is 12.6. The van der Waals surface area contributed by atoms with Crippen molar-refractivity contribution in [1.82, 2.24) is 19.5 Å². The fourth-order valence-corrected chi connectivity index (χ4v) is 3.02. The van der Waals surface area contributed by atoms with Crippen LogP contribution in [0.25, 0.3) is 5.65 Å². The number of hydrogen-bond acceptors (Lipinski definition) is 4. The van der Waals surface area contributed by atoms with Crippen LogP contribution >= 0.6 is 0 Å². The Morgan fingerprint density at radius 3 is 2.91 bits per heavy atom. The monoisotopic (exact) mass is 302 g/mol. The first-order valence-corrected chi connectivity index (χ1v) is 7.34. The van der Waals surface area contributed by atoms with E-state index >= 15 is 0 Å². The number of hydrogen-bond donors (Lipinski definition) is 1. The lowest BCUT2D eigenvalue weighted by atomic mass is 9.90. The molecule has 1 aliphatic heterocycles. The third kappa shape index (κ3) is 2.32. The normalized spacial score (nSPS) is 22.0. The molecule has 2 aromatic heterocycles. The third-order valence-corrected chi connectivity index (χ3v) is 4.30. The number of nitrogens with zero attached hydrogens (tertiary/aromatic N) is 4. The lowest BCUT2D eigenvalue weighted by Crippen LogP contribution is -2.49. The van der Waals surface area contributed by atoms with E-state index in [1.165, 1.54) is 6.20 Å². The van der Waals surface area contributed by atoms with Crippen molar-refractivity contribution in [2.45, 2.75) is 32.7 Å². The van der Waals surface area contributed by atoms with E-state index in [2.05, 4.69) is 10.1 Å². The molecule has 0 bridgehead atoms. The maximum Gasteiger partial charge on any atom is 0.308 e. The van der Waals surface area contributed by atoms with Crippen molar-refractivity contribution < 1.29 is 14.7 Å². The van der Waals surface area contributed by atoms with Gasteiger partial charge in [0.2, 0.25) is 0 Å². The predicted octanol–water partition coefficient (Wildman–Crippen LogP) is 1.36. The van der Waals surface area contributed by atoms with Gasteiger partial charge in [0, 0.05) is 24.5 Å². The Balaban J connectivity index is 1.95. The summed E-state index contributed by atoms with van der Waals surface area (Å²) in [5.41, 5.74) is 1.73. The van der Waals surface area contributed by atoms with Crippen LogP contribution in [-0.2, 0) is 4.79 Å². The Bertz CT molecular complexity index is 739. The molecular weight excluding hydrogens is 284 g/mol. The second-order valence-electron chi connectivity index (χ2n) is 5.72. The number of carboxylic acid groups (broad SMARTS) is 1. The summed E-state index contributed by atoms with van der Waals surface area (Å²) in [6.45, 7) is 4.21. The Kier molecular flexibility index (Phi) is 3.56. The van der Waals surface area contributed by atoms with Crippen molar-refractivity contribution in [2.75, 3.05) is 6.54 Å². The van der Waals surface area contributed by atoms with Gasteiger partial charge in [0.25, 0.3) is 5.91 Å². The zero-order chi connectivity index (χ0) is 15.9. The van der Waals surface area contributed by atoms with Gasteiger partial charge >= 0.3 is 5.97 Å². The number of likely N-dealkylation sites (tertiary alicyclic amines) is 1. The number of carbonyl (C=O) groups excluding carboxylic acids is 1. The lowest BCUT2D eigenvalue weighted by molar-refractivity contribution is -0.144. The topological polar surface area (TPSA) is 87.8 Å². The number of fused-ring (bicyclic) bond motifs is 1. The molecular formula is C15H18N4O3. The quantitative estimate of drug-likeness (QED) is 0.905. The zero-order valence-electron chi connectivity index (χ0n) is 12.6. The summed E-state index contributed by atoms with van der Waals surface area (Å²) in [5, 5.41) is 13.4. The Morgan fingerprint density at radius 2 is 2.18 bits per heavy atom. The minimum atomic E-state index is -0.848. The van der Waals surface area contributed by atoms with Crippen LogP contribution in [0, 0.1) is 12.8 Å². The molecule has 1 aliphatic rings. The molecule has 7 nitrogen and oxygen atoms in total. The molecule has 1 saturated heterocycles. The summed E-state index contributed by atoms with van der Waals surface area (Å²) in [5.74, 6) is -1.57. The molecule has 0 unspecified atom stereocenters. The molecule has 1 fully saturated rings. The van der Waals surface area contributed by atoms with Gasteiger partial charge in [-0.1, -0.05) is 0 Å². The van der Waals surface area contributed by atoms with Crippen LogP contribution in [0.15, 0.2) is 18.5 Å². The van der Waals surface area contributed by atoms with Gasteiger partial charge < -0.3 is 10.0 Å². The number of carbonyl (C=O) groups is 2. The summed E-state index contributed by atoms with van der Waals surface area (Å²) < 4.78 is 1.56. The van der Waals surface area contributed by atoms with Crippen LogP contribution in [0.4, 0.5) is 0 Å². The Labute approximate surface area is 127 Å². The molecule has 0 radical (unpaired) electrons. The highest BCUT2D eigenvalue weighted by Crippen LogP contribution is 2.26. The Hall–Kier alpha value is -2.44. The van der Waals surface area contributed by atoms with E-state index in [0.29, 0.717) is 30.6 Å². The molecule has 3 heterocycles. The molecule has 7 heteroatoms. The summed E-state index contributed by atoms with van der Waals surface area (Å²) in [6, 6.07) is 1.48. The first-order valence-electron chi connectivity index (χ1n) is 7.34. The molecule has 0 spiro atoms. The van der Waals surface area contributed by atoms with Crippen molar-refractivity contribution in [1.29, 1.82) is 0 Å². The highest BCUT2D eigenvalue weighted by molar-refractivity contribution is 6.00. The molecule has 1 amide bonds. The maximum absolute atomic E-state index is 12.8. The van der Waals surface area contributed by atoms with Gasteiger partial charge in [-0.05, 0) is 32.8 Å². The number of amides is 1. The molecule has 2 aromatic rings. The first-order chi connectivity index (χ1) is 10.5. The highest BCUT2D eigenvalue weighted by Gasteiger charge is 2.36. The van der Waals surface area contributed by atoms with Crippen LogP contribution in [0.3, 0.4) is 0 Å². The average molecular weight is 302 g/mol. The maximum atomic E-state index is 12.8. The van der Waals surface area contributed by atoms with E-state index in [0.717, 1.165) is 5.69 Å². The van der Waals surface area contributed by atoms with Gasteiger partial charge in [-0.25, -0.2) is 9.50 Å². The average Bonchev–Trinajstić information content (AvgIpc) is 2.89. The molecule has 116 valence electrons. The van der Waals surface area contributed by atoms with E-state index in [1.54, 1.807) is 22.5 Å². The fourth-order valence-electron chi connectivity index (χ4n) is 3.02. The Morgan fingerprint density at radius 1 is 1.41 bits per heavy atom. The molecule has 2 atom stereocenters. The van der Waals surface area contributed by atoms with Crippen molar-refractivity contribution in [3.05, 3.63) is 29.7 Å². The van der Waals surface area contributed by atoms with E-state index in [4.69, 9.17) is 0 Å². The number of aliphatic carboxylic acids is 1. The van der Waals surface area contributed by atoms with Crippen molar-refractivity contribution in [2.24, 2.45) is 5.92 Å². The summed E-state index contributed by atoms with van der Waals surface area (Å²) in [7, 11) is 0. The van der Waals surface area contributed by atoms with Gasteiger partial charge in [0.15, 0.2) is 5.65 Å². The van der Waals surface area contributed by atoms with E-state index in [1.807, 2.05) is 13.0 Å². The largest absolute Gasteiger partial charge is 0.481 e. The summed E-state index contributed by atoms with van der Waals surface area (Å²) in [4.78, 5) is 30.1. The number of aryl methyl sites for hydroxylation is 1. The minimum Gasteiger partial charge on any atom is -0.481 e. The van der Waals surface area contributed by atoms with Crippen molar-refractivity contribution >= 4 is 17.5 Å². The van der Waals surface area contributed by atoms with E-state index < -0.39 is 11.9 Å². The van der Waals surface area contributed by atoms with E-state index in [-0.39, 0.29) is 11.9 Å². The van der Waals surface area contributed by atoms with Crippen LogP contribution in [0.2, 0.25) is 0 Å². The number of carboxylic acids is 1. The van der Waals surface area contributed by atoms with Gasteiger partial charge in [-0.3, -0.25) is 9.59 Å². The van der Waals surface area contributed by atoms with Gasteiger partial charge in [0.1, 0.15) is 5.56 Å². The van der Waals surface area contributed by atoms with Gasteiger partial charge in [-0.15, -0.1) is 0 Å². The molecule has 0 aliphatic carbocycles. The second-order valence-corrected chi connectivity index (χ2v) is 5.72. The molecule has 0 aromatic carbocycles. The van der Waals surface area contributed by atoms with Crippen LogP contribution in [-0.4, -0.2) is 49.1 Å². The SMILES string of the molecule is Cc1ccn2ncc(C(=O)N3CCC[C@@H](C(=O)O)[C@H]3C)c2n1. The van der Waals surface area contributed by atoms with Gasteiger partial charge in [0.05, 0.1) is 12.1 Å². The number of rotatable bonds is 2. The van der Waals surface area contributed by atoms with Gasteiger partial charge in [-0.2, -0.15) is 5.10 Å². The molecule has 1 N–H and O–H groups in total. The van der Waals surface area contributed by atoms with E-state index in [9.17, 15) is 14.7 Å². The molecule has 0 saturated carbocycles. The fraction of sp³-hybridized carbons (Fsp3) is 0.467. The van der Waals surface area contributed by atoms with Crippen LogP contribution in [0.5, 0.6) is 0 Å². The standard InChI is InChI=1S/C15H18N4O3/c1-9-5-7-19-13(17-9)12(8-16-19)14(20)18-6-3-4-11(10(18)2)15(21)22/h5,7-8,10-11H,3-4,6H2,1-2H3,(H,21,22)/t10-,11-/m1/s1. The minimum absolute atomic E-state index is 0.202. The second kappa shape index (κ2) is 5.40. The van der Waals surface area contributed by atoms with Crippen molar-refractivity contribution in [3.8, 4) is 0 Å². The summed E-state index contributed by atoms with van der Waals surface area (Å²) in [6.07, 6.45) is 4.56. The highest BCUT2D eigenvalue weighted by atomic mass is 16.4. The first kappa shape index (κ1) is 14.5. The third-order valence-electron chi connectivity index (χ3n) is 4.30. The molecule has 22 heavy (non-hydrogen) atoms. The number of aromatic nitrogens is 3. The van der Waals surface area contributed by atoms with Crippen LogP contribution < -0.4 is 0 Å². The lowest BCUT2D eigenvalue weighted by Gasteiger charge is -2.37.